The number of furan rings is 2. The fourth-order valence-electron chi connectivity index (χ4n) is 3.18. The van der Waals surface area contributed by atoms with Gasteiger partial charge < -0.3 is 24.0 Å². The summed E-state index contributed by atoms with van der Waals surface area (Å²) in [4.78, 5) is 0. The van der Waals surface area contributed by atoms with Crippen molar-refractivity contribution in [2.24, 2.45) is 0 Å². The van der Waals surface area contributed by atoms with Gasteiger partial charge in [-0.1, -0.05) is 0 Å². The topological polar surface area (TPSA) is 70.8 Å². The summed E-state index contributed by atoms with van der Waals surface area (Å²) in [7, 11) is 3.24. The Kier molecular flexibility index (Phi) is 4.49. The average molecular weight is 341 g/mol. The summed E-state index contributed by atoms with van der Waals surface area (Å²) in [6.45, 7) is 5.78. The minimum absolute atomic E-state index is 0.328. The molecule has 5 heteroatoms. The van der Waals surface area contributed by atoms with Crippen molar-refractivity contribution in [3.05, 3.63) is 64.5 Å². The van der Waals surface area contributed by atoms with Crippen LogP contribution in [0.4, 0.5) is 5.69 Å². The maximum Gasteiger partial charge on any atom is 0.142 e. The SMILES string of the molecule is COc1cc(C)c(OC)c(C(c2ccc(C)o2)c2ccc(C)o2)c1N. The number of anilines is 1. The molecule has 25 heavy (non-hydrogen) atoms. The van der Waals surface area contributed by atoms with Crippen LogP contribution in [0, 0.1) is 20.8 Å². The first-order valence-corrected chi connectivity index (χ1v) is 8.09. The maximum absolute atomic E-state index is 6.44. The van der Waals surface area contributed by atoms with Crippen LogP contribution in [-0.4, -0.2) is 14.2 Å². The number of ether oxygens (including phenoxy) is 2. The molecular weight excluding hydrogens is 318 g/mol. The van der Waals surface area contributed by atoms with Gasteiger partial charge in [0.25, 0.3) is 0 Å². The summed E-state index contributed by atoms with van der Waals surface area (Å²) in [5.74, 6) is 4.09. The predicted octanol–water partition coefficient (Wildman–Crippen LogP) is 4.58. The highest BCUT2D eigenvalue weighted by Crippen LogP contribution is 2.46. The first kappa shape index (κ1) is 17.0. The van der Waals surface area contributed by atoms with Crippen LogP contribution in [-0.2, 0) is 0 Å². The fraction of sp³-hybridized carbons (Fsp3) is 0.300. The summed E-state index contributed by atoms with van der Waals surface area (Å²) in [5, 5.41) is 0. The molecule has 0 spiro atoms. The van der Waals surface area contributed by atoms with E-state index in [2.05, 4.69) is 0 Å². The largest absolute Gasteiger partial charge is 0.496 e. The number of nitrogen functional groups attached to an aromatic ring is 1. The second kappa shape index (κ2) is 6.59. The van der Waals surface area contributed by atoms with E-state index in [1.165, 1.54) is 0 Å². The molecule has 0 aliphatic carbocycles. The average Bonchev–Trinajstić information content (AvgIpc) is 3.19. The second-order valence-corrected chi connectivity index (χ2v) is 6.09. The van der Waals surface area contributed by atoms with Crippen LogP contribution in [0.2, 0.25) is 0 Å². The van der Waals surface area contributed by atoms with Crippen LogP contribution in [0.1, 0.15) is 40.1 Å². The molecule has 0 aliphatic rings. The zero-order valence-corrected chi connectivity index (χ0v) is 15.2. The summed E-state index contributed by atoms with van der Waals surface area (Å²) >= 11 is 0. The minimum Gasteiger partial charge on any atom is -0.496 e. The summed E-state index contributed by atoms with van der Waals surface area (Å²) in [6.07, 6.45) is 0. The predicted molar refractivity (Wildman–Crippen MR) is 96.5 cm³/mol. The van der Waals surface area contributed by atoms with E-state index in [0.29, 0.717) is 17.2 Å². The van der Waals surface area contributed by atoms with Gasteiger partial charge in [-0.2, -0.15) is 0 Å². The van der Waals surface area contributed by atoms with Gasteiger partial charge in [0.05, 0.1) is 19.9 Å². The molecule has 0 fully saturated rings. The van der Waals surface area contributed by atoms with E-state index < -0.39 is 0 Å². The molecule has 2 N–H and O–H groups in total. The molecule has 3 rings (SSSR count). The van der Waals surface area contributed by atoms with Crippen molar-refractivity contribution in [1.29, 1.82) is 0 Å². The Morgan fingerprint density at radius 3 is 1.84 bits per heavy atom. The van der Waals surface area contributed by atoms with Gasteiger partial charge in [0.15, 0.2) is 0 Å². The number of aryl methyl sites for hydroxylation is 3. The molecule has 5 nitrogen and oxygen atoms in total. The second-order valence-electron chi connectivity index (χ2n) is 6.09. The van der Waals surface area contributed by atoms with Crippen molar-refractivity contribution < 1.29 is 18.3 Å². The fourth-order valence-corrected chi connectivity index (χ4v) is 3.18. The zero-order chi connectivity index (χ0) is 18.1. The number of hydrogen-bond acceptors (Lipinski definition) is 5. The smallest absolute Gasteiger partial charge is 0.142 e. The summed E-state index contributed by atoms with van der Waals surface area (Å²) < 4.78 is 23.0. The van der Waals surface area contributed by atoms with Crippen LogP contribution in [0.5, 0.6) is 11.5 Å². The molecule has 3 aromatic rings. The lowest BCUT2D eigenvalue weighted by molar-refractivity contribution is 0.385. The van der Waals surface area contributed by atoms with Crippen molar-refractivity contribution >= 4 is 5.69 Å². The number of benzene rings is 1. The molecule has 0 amide bonds. The van der Waals surface area contributed by atoms with Crippen molar-refractivity contribution in [3.63, 3.8) is 0 Å². The van der Waals surface area contributed by atoms with E-state index in [4.69, 9.17) is 24.0 Å². The van der Waals surface area contributed by atoms with Gasteiger partial charge >= 0.3 is 0 Å². The first-order valence-electron chi connectivity index (χ1n) is 8.09. The van der Waals surface area contributed by atoms with Gasteiger partial charge in [-0.15, -0.1) is 0 Å². The molecule has 0 radical (unpaired) electrons. The molecule has 132 valence electrons. The van der Waals surface area contributed by atoms with Gasteiger partial charge in [-0.3, -0.25) is 0 Å². The summed E-state index contributed by atoms with van der Waals surface area (Å²) in [6, 6.07) is 9.59. The van der Waals surface area contributed by atoms with E-state index >= 15 is 0 Å². The Hall–Kier alpha value is -2.82. The minimum atomic E-state index is -0.328. The molecule has 0 saturated carbocycles. The van der Waals surface area contributed by atoms with Gasteiger partial charge in [0.1, 0.15) is 40.5 Å². The highest BCUT2D eigenvalue weighted by atomic mass is 16.5. The Morgan fingerprint density at radius 2 is 1.44 bits per heavy atom. The maximum atomic E-state index is 6.44. The number of nitrogens with two attached hydrogens (primary N) is 1. The van der Waals surface area contributed by atoms with Gasteiger partial charge in [-0.25, -0.2) is 0 Å². The molecule has 1 aromatic carbocycles. The van der Waals surface area contributed by atoms with Crippen molar-refractivity contribution in [2.45, 2.75) is 26.7 Å². The third-order valence-electron chi connectivity index (χ3n) is 4.31. The van der Waals surface area contributed by atoms with Crippen LogP contribution >= 0.6 is 0 Å². The molecule has 0 unspecified atom stereocenters. The Labute approximate surface area is 147 Å². The lowest BCUT2D eigenvalue weighted by atomic mass is 9.89. The summed E-state index contributed by atoms with van der Waals surface area (Å²) in [5.41, 5.74) is 8.66. The van der Waals surface area contributed by atoms with E-state index in [1.807, 2.05) is 51.1 Å². The zero-order valence-electron chi connectivity index (χ0n) is 15.2. The Morgan fingerprint density at radius 1 is 0.880 bits per heavy atom. The number of rotatable bonds is 5. The van der Waals surface area contributed by atoms with Crippen molar-refractivity contribution in [1.82, 2.24) is 0 Å². The van der Waals surface area contributed by atoms with Gasteiger partial charge in [0.2, 0.25) is 0 Å². The van der Waals surface area contributed by atoms with Crippen LogP contribution in [0.3, 0.4) is 0 Å². The third-order valence-corrected chi connectivity index (χ3v) is 4.31. The lowest BCUT2D eigenvalue weighted by Gasteiger charge is -2.22. The quantitative estimate of drug-likeness (QED) is 0.688. The standard InChI is InChI=1S/C20H23NO4/c1-11-10-16(22-4)19(21)18(20(11)23-5)17(14-8-6-12(2)24-14)15-9-7-13(3)25-15/h6-10,17H,21H2,1-5H3. The molecule has 0 saturated heterocycles. The Balaban J connectivity index is 2.32. The van der Waals surface area contributed by atoms with E-state index in [0.717, 1.165) is 34.2 Å². The van der Waals surface area contributed by atoms with Crippen LogP contribution in [0.15, 0.2) is 39.2 Å². The van der Waals surface area contributed by atoms with Crippen LogP contribution in [0.25, 0.3) is 0 Å². The Bertz CT molecular complexity index is 851. The molecule has 0 atom stereocenters. The van der Waals surface area contributed by atoms with Crippen LogP contribution < -0.4 is 15.2 Å². The van der Waals surface area contributed by atoms with E-state index in [9.17, 15) is 0 Å². The lowest BCUT2D eigenvalue weighted by Crippen LogP contribution is -2.10. The third kappa shape index (κ3) is 2.97. The van der Waals surface area contributed by atoms with Crippen molar-refractivity contribution in [2.75, 3.05) is 20.0 Å². The monoisotopic (exact) mass is 341 g/mol. The molecule has 2 heterocycles. The normalized spacial score (nSPS) is 11.1. The van der Waals surface area contributed by atoms with E-state index in [-0.39, 0.29) is 5.92 Å². The molecular formula is C20H23NO4. The first-order chi connectivity index (χ1) is 12.0. The number of methoxy groups -OCH3 is 2. The molecule has 0 bridgehead atoms. The van der Waals surface area contributed by atoms with Gasteiger partial charge in [-0.05, 0) is 56.7 Å². The van der Waals surface area contributed by atoms with E-state index in [1.54, 1.807) is 14.2 Å². The number of hydrogen-bond donors (Lipinski definition) is 1. The molecule has 0 aliphatic heterocycles. The van der Waals surface area contributed by atoms with Crippen molar-refractivity contribution in [3.8, 4) is 11.5 Å². The molecule has 2 aromatic heterocycles. The highest BCUT2D eigenvalue weighted by Gasteiger charge is 2.31. The van der Waals surface area contributed by atoms with Gasteiger partial charge in [0, 0.05) is 5.56 Å². The highest BCUT2D eigenvalue weighted by molar-refractivity contribution is 5.69.